The van der Waals surface area contributed by atoms with Crippen molar-refractivity contribution in [2.75, 3.05) is 26.2 Å². The standard InChI is InChI=1S/C14H17FN4O2S2/c15-12-3-1-11(2-4-12)14-17-13(10-22-14)9-18-5-7-19(8-6-18)23(16,20)21/h1-4,10H,5-9H2,(H2,16,20,21). The summed E-state index contributed by atoms with van der Waals surface area (Å²) in [6.07, 6.45) is 0. The summed E-state index contributed by atoms with van der Waals surface area (Å²) in [6.45, 7) is 2.71. The van der Waals surface area contributed by atoms with E-state index in [1.165, 1.54) is 27.8 Å². The molecule has 0 bridgehead atoms. The molecular weight excluding hydrogens is 339 g/mol. The average molecular weight is 356 g/mol. The number of hydrogen-bond acceptors (Lipinski definition) is 5. The molecule has 0 radical (unpaired) electrons. The number of nitrogens with zero attached hydrogens (tertiary/aromatic N) is 3. The van der Waals surface area contributed by atoms with Gasteiger partial charge in [-0.1, -0.05) is 0 Å². The molecule has 2 aromatic rings. The fourth-order valence-electron chi connectivity index (χ4n) is 2.48. The first-order chi connectivity index (χ1) is 10.9. The van der Waals surface area contributed by atoms with E-state index >= 15 is 0 Å². The molecule has 0 unspecified atom stereocenters. The van der Waals surface area contributed by atoms with Gasteiger partial charge in [0.1, 0.15) is 10.8 Å². The lowest BCUT2D eigenvalue weighted by atomic mass is 10.2. The van der Waals surface area contributed by atoms with Crippen LogP contribution in [-0.4, -0.2) is 48.8 Å². The van der Waals surface area contributed by atoms with Crippen molar-refractivity contribution in [1.29, 1.82) is 0 Å². The molecule has 1 aliphatic heterocycles. The molecule has 2 N–H and O–H groups in total. The van der Waals surface area contributed by atoms with Crippen LogP contribution in [-0.2, 0) is 16.8 Å². The molecule has 9 heteroatoms. The smallest absolute Gasteiger partial charge is 0.276 e. The topological polar surface area (TPSA) is 79.5 Å². The van der Waals surface area contributed by atoms with Gasteiger partial charge >= 0.3 is 0 Å². The van der Waals surface area contributed by atoms with Gasteiger partial charge < -0.3 is 0 Å². The number of hydrogen-bond donors (Lipinski definition) is 1. The van der Waals surface area contributed by atoms with E-state index in [4.69, 9.17) is 5.14 Å². The van der Waals surface area contributed by atoms with E-state index in [0.717, 1.165) is 16.3 Å². The molecule has 1 fully saturated rings. The maximum Gasteiger partial charge on any atom is 0.276 e. The summed E-state index contributed by atoms with van der Waals surface area (Å²) in [5.74, 6) is -0.266. The van der Waals surface area contributed by atoms with Crippen LogP contribution in [0.2, 0.25) is 0 Å². The van der Waals surface area contributed by atoms with Gasteiger partial charge in [-0.25, -0.2) is 14.5 Å². The highest BCUT2D eigenvalue weighted by molar-refractivity contribution is 7.86. The van der Waals surface area contributed by atoms with Crippen LogP contribution in [0, 0.1) is 5.82 Å². The number of halogens is 1. The molecule has 1 aliphatic rings. The van der Waals surface area contributed by atoms with Crippen LogP contribution < -0.4 is 5.14 Å². The van der Waals surface area contributed by atoms with Crippen LogP contribution in [0.5, 0.6) is 0 Å². The third-order valence-corrected chi connectivity index (χ3v) is 5.74. The third-order valence-electron chi connectivity index (χ3n) is 3.72. The molecule has 1 aromatic carbocycles. The van der Waals surface area contributed by atoms with E-state index < -0.39 is 10.2 Å². The number of benzene rings is 1. The highest BCUT2D eigenvalue weighted by Gasteiger charge is 2.24. The van der Waals surface area contributed by atoms with Crippen molar-refractivity contribution in [3.8, 4) is 10.6 Å². The number of piperazine rings is 1. The van der Waals surface area contributed by atoms with Gasteiger partial charge in [0.15, 0.2) is 0 Å². The lowest BCUT2D eigenvalue weighted by Crippen LogP contribution is -2.50. The number of thiazole rings is 1. The second-order valence-electron chi connectivity index (χ2n) is 5.37. The van der Waals surface area contributed by atoms with E-state index in [1.807, 2.05) is 5.38 Å². The summed E-state index contributed by atoms with van der Waals surface area (Å²) in [4.78, 5) is 6.71. The Morgan fingerprint density at radius 3 is 2.43 bits per heavy atom. The zero-order valence-electron chi connectivity index (χ0n) is 12.4. The summed E-state index contributed by atoms with van der Waals surface area (Å²) >= 11 is 1.52. The van der Waals surface area contributed by atoms with Crippen molar-refractivity contribution in [3.05, 3.63) is 41.2 Å². The molecule has 0 amide bonds. The Hall–Kier alpha value is -1.39. The van der Waals surface area contributed by atoms with Gasteiger partial charge in [0.2, 0.25) is 0 Å². The maximum atomic E-state index is 13.0. The summed E-state index contributed by atoms with van der Waals surface area (Å²) in [5, 5.41) is 7.96. The first kappa shape index (κ1) is 16.5. The van der Waals surface area contributed by atoms with Crippen LogP contribution in [0.15, 0.2) is 29.6 Å². The van der Waals surface area contributed by atoms with Gasteiger partial charge in [-0.05, 0) is 24.3 Å². The van der Waals surface area contributed by atoms with Crippen molar-refractivity contribution in [3.63, 3.8) is 0 Å². The van der Waals surface area contributed by atoms with Gasteiger partial charge in [-0.15, -0.1) is 11.3 Å². The lowest BCUT2D eigenvalue weighted by Gasteiger charge is -2.32. The van der Waals surface area contributed by atoms with Gasteiger partial charge in [0.25, 0.3) is 10.2 Å². The molecule has 0 aliphatic carbocycles. The Balaban J connectivity index is 1.61. The summed E-state index contributed by atoms with van der Waals surface area (Å²) < 4.78 is 36.8. The van der Waals surface area contributed by atoms with Crippen molar-refractivity contribution in [2.45, 2.75) is 6.54 Å². The first-order valence-electron chi connectivity index (χ1n) is 7.12. The summed E-state index contributed by atoms with van der Waals surface area (Å²) in [7, 11) is -3.60. The lowest BCUT2D eigenvalue weighted by molar-refractivity contribution is 0.180. The minimum Gasteiger partial charge on any atom is -0.295 e. The van der Waals surface area contributed by atoms with Crippen LogP contribution in [0.3, 0.4) is 0 Å². The van der Waals surface area contributed by atoms with E-state index in [9.17, 15) is 12.8 Å². The van der Waals surface area contributed by atoms with Gasteiger partial charge in [0.05, 0.1) is 5.69 Å². The highest BCUT2D eigenvalue weighted by atomic mass is 32.2. The number of aromatic nitrogens is 1. The molecule has 0 spiro atoms. The monoisotopic (exact) mass is 356 g/mol. The van der Waals surface area contributed by atoms with Gasteiger partial charge in [-0.3, -0.25) is 4.90 Å². The molecule has 0 atom stereocenters. The Labute approximate surface area is 138 Å². The number of nitrogens with two attached hydrogens (primary N) is 1. The van der Waals surface area contributed by atoms with Crippen molar-refractivity contribution >= 4 is 21.5 Å². The minimum absolute atomic E-state index is 0.266. The zero-order chi connectivity index (χ0) is 16.4. The van der Waals surface area contributed by atoms with Crippen molar-refractivity contribution in [1.82, 2.24) is 14.2 Å². The zero-order valence-corrected chi connectivity index (χ0v) is 14.0. The third kappa shape index (κ3) is 4.12. The van der Waals surface area contributed by atoms with Crippen LogP contribution in [0.1, 0.15) is 5.69 Å². The van der Waals surface area contributed by atoms with Gasteiger partial charge in [0, 0.05) is 43.7 Å². The van der Waals surface area contributed by atoms with Crippen LogP contribution in [0.4, 0.5) is 4.39 Å². The van der Waals surface area contributed by atoms with E-state index in [2.05, 4.69) is 9.88 Å². The second kappa shape index (κ2) is 6.62. The van der Waals surface area contributed by atoms with Crippen molar-refractivity contribution < 1.29 is 12.8 Å². The average Bonchev–Trinajstić information content (AvgIpc) is 2.96. The van der Waals surface area contributed by atoms with E-state index in [0.29, 0.717) is 32.7 Å². The molecule has 1 aromatic heterocycles. The predicted octanol–water partition coefficient (Wildman–Crippen LogP) is 1.27. The fourth-order valence-corrected chi connectivity index (χ4v) is 3.97. The Morgan fingerprint density at radius 1 is 1.17 bits per heavy atom. The van der Waals surface area contributed by atoms with Crippen molar-refractivity contribution in [2.24, 2.45) is 5.14 Å². The Kier molecular flexibility index (Phi) is 4.74. The molecule has 1 saturated heterocycles. The molecule has 6 nitrogen and oxygen atoms in total. The minimum atomic E-state index is -3.60. The normalized spacial score (nSPS) is 17.5. The first-order valence-corrected chi connectivity index (χ1v) is 9.51. The van der Waals surface area contributed by atoms with Crippen LogP contribution in [0.25, 0.3) is 10.6 Å². The largest absolute Gasteiger partial charge is 0.295 e. The quantitative estimate of drug-likeness (QED) is 0.895. The van der Waals surface area contributed by atoms with Gasteiger partial charge in [-0.2, -0.15) is 12.7 Å². The predicted molar refractivity (Wildman–Crippen MR) is 87.5 cm³/mol. The molecule has 2 heterocycles. The highest BCUT2D eigenvalue weighted by Crippen LogP contribution is 2.24. The van der Waals surface area contributed by atoms with Crippen LogP contribution >= 0.6 is 11.3 Å². The summed E-state index contributed by atoms with van der Waals surface area (Å²) in [5.41, 5.74) is 1.82. The Morgan fingerprint density at radius 2 is 1.83 bits per heavy atom. The van der Waals surface area contributed by atoms with E-state index in [-0.39, 0.29) is 5.82 Å². The molecule has 3 rings (SSSR count). The SMILES string of the molecule is NS(=O)(=O)N1CCN(Cc2csc(-c3ccc(F)cc3)n2)CC1. The molecular formula is C14H17FN4O2S2. The molecule has 23 heavy (non-hydrogen) atoms. The second-order valence-corrected chi connectivity index (χ2v) is 7.78. The summed E-state index contributed by atoms with van der Waals surface area (Å²) in [6, 6.07) is 6.26. The molecule has 0 saturated carbocycles. The number of rotatable bonds is 4. The Bertz CT molecular complexity index is 768. The molecule has 124 valence electrons. The maximum absolute atomic E-state index is 13.0. The fraction of sp³-hybridized carbons (Fsp3) is 0.357. The van der Waals surface area contributed by atoms with E-state index in [1.54, 1.807) is 12.1 Å².